The highest BCUT2D eigenvalue weighted by Crippen LogP contribution is 2.37. The van der Waals surface area contributed by atoms with Gasteiger partial charge in [-0.05, 0) is 56.2 Å². The summed E-state index contributed by atoms with van der Waals surface area (Å²) in [4.78, 5) is 1.38. The Bertz CT molecular complexity index is 776. The lowest BCUT2D eigenvalue weighted by Gasteiger charge is -2.24. The molecule has 3 nitrogen and oxygen atoms in total. The van der Waals surface area contributed by atoms with E-state index < -0.39 is 27.8 Å². The molecule has 2 aromatic carbocycles. The highest BCUT2D eigenvalue weighted by atomic mass is 32.2. The predicted molar refractivity (Wildman–Crippen MR) is 103 cm³/mol. The van der Waals surface area contributed by atoms with Gasteiger partial charge in [-0.1, -0.05) is 30.0 Å². The molecule has 2 aromatic rings. The van der Waals surface area contributed by atoms with Crippen LogP contribution in [0.25, 0.3) is 0 Å². The fourth-order valence-electron chi connectivity index (χ4n) is 2.21. The SMILES string of the molecule is CC(C)(C)[S+]([O-])NCc1cc(C(F)(F)F)ccc1Sc1ccccc1CO. The molecule has 0 aliphatic rings. The Labute approximate surface area is 164 Å². The van der Waals surface area contributed by atoms with E-state index in [1.807, 2.05) is 0 Å². The topological polar surface area (TPSA) is 55.3 Å². The first kappa shape index (κ1) is 22.1. The second kappa shape index (κ2) is 8.87. The number of halogens is 3. The summed E-state index contributed by atoms with van der Waals surface area (Å²) in [5.74, 6) is 0. The summed E-state index contributed by atoms with van der Waals surface area (Å²) in [6.07, 6.45) is -4.45. The Morgan fingerprint density at radius 2 is 1.67 bits per heavy atom. The normalized spacial score (nSPS) is 13.6. The van der Waals surface area contributed by atoms with Crippen LogP contribution in [-0.4, -0.2) is 14.4 Å². The third kappa shape index (κ3) is 6.15. The molecule has 148 valence electrons. The zero-order chi connectivity index (χ0) is 20.2. The third-order valence-corrected chi connectivity index (χ3v) is 6.46. The minimum Gasteiger partial charge on any atom is -0.598 e. The summed E-state index contributed by atoms with van der Waals surface area (Å²) < 4.78 is 53.9. The Kier molecular flexibility index (Phi) is 7.27. The van der Waals surface area contributed by atoms with Crippen molar-refractivity contribution in [2.24, 2.45) is 0 Å². The highest BCUT2D eigenvalue weighted by Gasteiger charge is 2.32. The molecular weight excluding hydrogens is 395 g/mol. The lowest BCUT2D eigenvalue weighted by molar-refractivity contribution is -0.137. The maximum absolute atomic E-state index is 13.1. The number of aliphatic hydroxyl groups excluding tert-OH is 1. The highest BCUT2D eigenvalue weighted by molar-refractivity contribution is 7.99. The molecule has 0 aliphatic heterocycles. The van der Waals surface area contributed by atoms with Crippen LogP contribution in [0.5, 0.6) is 0 Å². The van der Waals surface area contributed by atoms with Crippen LogP contribution in [0.2, 0.25) is 0 Å². The quantitative estimate of drug-likeness (QED) is 0.657. The average molecular weight is 418 g/mol. The molecule has 0 saturated heterocycles. The van der Waals surface area contributed by atoms with E-state index in [1.54, 1.807) is 45.0 Å². The Morgan fingerprint density at radius 1 is 1.04 bits per heavy atom. The van der Waals surface area contributed by atoms with Gasteiger partial charge >= 0.3 is 6.18 Å². The van der Waals surface area contributed by atoms with E-state index in [-0.39, 0.29) is 13.2 Å². The van der Waals surface area contributed by atoms with Crippen LogP contribution in [0.4, 0.5) is 13.2 Å². The van der Waals surface area contributed by atoms with Gasteiger partial charge in [-0.25, -0.2) is 0 Å². The predicted octanol–water partition coefficient (Wildman–Crippen LogP) is 4.90. The molecular formula is C19H22F3NO2S2. The summed E-state index contributed by atoms with van der Waals surface area (Å²) in [5.41, 5.74) is 0.348. The van der Waals surface area contributed by atoms with Gasteiger partial charge in [-0.15, -0.1) is 4.72 Å². The molecule has 1 unspecified atom stereocenters. The number of hydrogen-bond acceptors (Lipinski definition) is 4. The molecule has 0 spiro atoms. The molecule has 0 radical (unpaired) electrons. The largest absolute Gasteiger partial charge is 0.598 e. The van der Waals surface area contributed by atoms with Crippen molar-refractivity contribution in [1.29, 1.82) is 0 Å². The molecule has 0 aromatic heterocycles. The van der Waals surface area contributed by atoms with E-state index in [4.69, 9.17) is 0 Å². The molecule has 0 heterocycles. The maximum Gasteiger partial charge on any atom is 0.416 e. The van der Waals surface area contributed by atoms with Gasteiger partial charge in [0, 0.05) is 21.2 Å². The zero-order valence-electron chi connectivity index (χ0n) is 15.3. The fraction of sp³-hybridized carbons (Fsp3) is 0.368. The van der Waals surface area contributed by atoms with Gasteiger partial charge in [0.05, 0.1) is 18.7 Å². The minimum absolute atomic E-state index is 0.0391. The first-order valence-electron chi connectivity index (χ1n) is 8.24. The van der Waals surface area contributed by atoms with E-state index in [9.17, 15) is 22.8 Å². The molecule has 2 rings (SSSR count). The van der Waals surface area contributed by atoms with E-state index in [2.05, 4.69) is 4.72 Å². The van der Waals surface area contributed by atoms with Crippen LogP contribution < -0.4 is 4.72 Å². The Balaban J connectivity index is 2.35. The summed E-state index contributed by atoms with van der Waals surface area (Å²) in [7, 11) is 0. The summed E-state index contributed by atoms with van der Waals surface area (Å²) in [6, 6.07) is 10.7. The molecule has 0 bridgehead atoms. The van der Waals surface area contributed by atoms with Gasteiger partial charge in [0.1, 0.15) is 4.75 Å². The van der Waals surface area contributed by atoms with Crippen LogP contribution in [0, 0.1) is 0 Å². The van der Waals surface area contributed by atoms with Crippen LogP contribution in [-0.2, 0) is 30.7 Å². The molecule has 0 saturated carbocycles. The number of nitrogens with one attached hydrogen (secondary N) is 1. The second-order valence-electron chi connectivity index (χ2n) is 6.89. The average Bonchev–Trinajstić information content (AvgIpc) is 2.59. The van der Waals surface area contributed by atoms with Crippen LogP contribution in [0.3, 0.4) is 0 Å². The first-order valence-corrected chi connectivity index (χ1v) is 10.2. The van der Waals surface area contributed by atoms with Crippen molar-refractivity contribution in [3.8, 4) is 0 Å². The van der Waals surface area contributed by atoms with Crippen molar-refractivity contribution in [3.05, 3.63) is 59.2 Å². The number of hydrogen-bond donors (Lipinski definition) is 2. The van der Waals surface area contributed by atoms with E-state index in [0.717, 1.165) is 17.0 Å². The van der Waals surface area contributed by atoms with Gasteiger partial charge in [-0.2, -0.15) is 13.2 Å². The number of aliphatic hydroxyl groups is 1. The van der Waals surface area contributed by atoms with Crippen LogP contribution in [0.15, 0.2) is 52.3 Å². The molecule has 8 heteroatoms. The van der Waals surface area contributed by atoms with Crippen molar-refractivity contribution in [1.82, 2.24) is 4.72 Å². The van der Waals surface area contributed by atoms with E-state index >= 15 is 0 Å². The van der Waals surface area contributed by atoms with E-state index in [1.165, 1.54) is 17.8 Å². The van der Waals surface area contributed by atoms with Gasteiger partial charge in [0.25, 0.3) is 0 Å². The summed E-state index contributed by atoms with van der Waals surface area (Å²) in [5, 5.41) is 9.47. The van der Waals surface area contributed by atoms with Gasteiger partial charge in [0.15, 0.2) is 0 Å². The number of rotatable bonds is 6. The van der Waals surface area contributed by atoms with Gasteiger partial charge in [0.2, 0.25) is 0 Å². The first-order chi connectivity index (χ1) is 12.5. The standard InChI is InChI=1S/C19H22F3NO2S2/c1-18(2,3)27(25)23-11-14-10-15(19(20,21)22)8-9-17(14)26-16-7-5-4-6-13(16)12-24/h4-10,23-24H,11-12H2,1-3H3. The monoisotopic (exact) mass is 417 g/mol. The summed E-state index contributed by atoms with van der Waals surface area (Å²) in [6.45, 7) is 5.24. The Hall–Kier alpha value is -1.19. The van der Waals surface area contributed by atoms with Crippen molar-refractivity contribution < 1.29 is 22.8 Å². The molecule has 0 amide bonds. The summed E-state index contributed by atoms with van der Waals surface area (Å²) >= 11 is -0.129. The van der Waals surface area contributed by atoms with Gasteiger partial charge in [-0.3, -0.25) is 0 Å². The minimum atomic E-state index is -4.45. The molecule has 0 aliphatic carbocycles. The smallest absolute Gasteiger partial charge is 0.416 e. The molecule has 27 heavy (non-hydrogen) atoms. The lowest BCUT2D eigenvalue weighted by atomic mass is 10.1. The third-order valence-electron chi connectivity index (χ3n) is 3.70. The molecule has 0 fully saturated rings. The second-order valence-corrected chi connectivity index (χ2v) is 10.0. The fourth-order valence-corrected chi connectivity index (χ4v) is 3.97. The van der Waals surface area contributed by atoms with Crippen molar-refractivity contribution in [2.75, 3.05) is 0 Å². The number of alkyl halides is 3. The van der Waals surface area contributed by atoms with Crippen LogP contribution in [0.1, 0.15) is 37.5 Å². The molecule has 1 atom stereocenters. The van der Waals surface area contributed by atoms with Crippen molar-refractivity contribution in [2.45, 2.75) is 54.6 Å². The Morgan fingerprint density at radius 3 is 2.26 bits per heavy atom. The van der Waals surface area contributed by atoms with Gasteiger partial charge < -0.3 is 9.66 Å². The van der Waals surface area contributed by atoms with Crippen molar-refractivity contribution in [3.63, 3.8) is 0 Å². The lowest BCUT2D eigenvalue weighted by Crippen LogP contribution is -2.39. The maximum atomic E-state index is 13.1. The molecule has 2 N–H and O–H groups in total. The van der Waals surface area contributed by atoms with Crippen LogP contribution >= 0.6 is 11.8 Å². The zero-order valence-corrected chi connectivity index (χ0v) is 16.9. The van der Waals surface area contributed by atoms with Crippen molar-refractivity contribution >= 4 is 23.1 Å². The number of benzene rings is 2. The van der Waals surface area contributed by atoms with E-state index in [0.29, 0.717) is 16.0 Å².